The molecular weight excluding hydrogens is 276 g/mol. The van der Waals surface area contributed by atoms with Gasteiger partial charge in [0.25, 0.3) is 0 Å². The number of aryl methyl sites for hydroxylation is 1. The number of rotatable bonds is 0. The largest absolute Gasteiger partial charge is 0.335 e. The van der Waals surface area contributed by atoms with Gasteiger partial charge in [0.15, 0.2) is 0 Å². The van der Waals surface area contributed by atoms with Gasteiger partial charge in [-0.05, 0) is 24.1 Å². The lowest BCUT2D eigenvalue weighted by atomic mass is 9.86. The number of fused-ring (bicyclic) bond motifs is 1. The monoisotopic (exact) mass is 282 g/mol. The Bertz CT molecular complexity index is 400. The van der Waals surface area contributed by atoms with Gasteiger partial charge in [-0.25, -0.2) is 0 Å². The highest BCUT2D eigenvalue weighted by molar-refractivity contribution is 9.10. The molecule has 0 unspecified atom stereocenters. The molecule has 82 valence electrons. The molecule has 0 heterocycles. The number of benzene rings is 1. The fourth-order valence-electron chi connectivity index (χ4n) is 1.72. The lowest BCUT2D eigenvalue weighted by Crippen LogP contribution is -2.42. The van der Waals surface area contributed by atoms with Crippen LogP contribution in [0.25, 0.3) is 0 Å². The maximum atomic E-state index is 13.3. The van der Waals surface area contributed by atoms with E-state index in [4.69, 9.17) is 0 Å². The smallest absolute Gasteiger partial charge is 0.199 e. The molecular formula is C10H7BrF4. The first kappa shape index (κ1) is 10.9. The molecule has 0 saturated heterocycles. The van der Waals surface area contributed by atoms with Gasteiger partial charge in [-0.3, -0.25) is 0 Å². The SMILES string of the molecule is FC1(F)CCc2cc(Br)ccc2C1(F)F. The van der Waals surface area contributed by atoms with Gasteiger partial charge in [-0.15, -0.1) is 0 Å². The summed E-state index contributed by atoms with van der Waals surface area (Å²) in [5.41, 5.74) is -0.262. The molecule has 0 saturated carbocycles. The van der Waals surface area contributed by atoms with Gasteiger partial charge in [-0.1, -0.05) is 22.0 Å². The van der Waals surface area contributed by atoms with Crippen molar-refractivity contribution < 1.29 is 17.6 Å². The molecule has 0 nitrogen and oxygen atoms in total. The zero-order chi connectivity index (χ0) is 11.3. The Balaban J connectivity index is 2.58. The molecule has 0 radical (unpaired) electrons. The minimum Gasteiger partial charge on any atom is -0.199 e. The maximum Gasteiger partial charge on any atom is 0.335 e. The fourth-order valence-corrected chi connectivity index (χ4v) is 2.13. The van der Waals surface area contributed by atoms with Crippen LogP contribution in [0.2, 0.25) is 0 Å². The molecule has 0 spiro atoms. The predicted molar refractivity (Wildman–Crippen MR) is 51.3 cm³/mol. The second kappa shape index (κ2) is 3.20. The minimum atomic E-state index is -4.05. The van der Waals surface area contributed by atoms with E-state index in [0.717, 1.165) is 6.07 Å². The summed E-state index contributed by atoms with van der Waals surface area (Å²) in [6.45, 7) is 0. The van der Waals surface area contributed by atoms with Crippen LogP contribution in [0.3, 0.4) is 0 Å². The van der Waals surface area contributed by atoms with Crippen LogP contribution in [0.5, 0.6) is 0 Å². The highest BCUT2D eigenvalue weighted by Crippen LogP contribution is 2.50. The van der Waals surface area contributed by atoms with Crippen LogP contribution in [0, 0.1) is 0 Å². The first-order valence-corrected chi connectivity index (χ1v) is 5.18. The highest BCUT2D eigenvalue weighted by atomic mass is 79.9. The summed E-state index contributed by atoms with van der Waals surface area (Å²) in [4.78, 5) is 0. The molecule has 1 aliphatic carbocycles. The predicted octanol–water partition coefficient (Wildman–Crippen LogP) is 4.12. The van der Waals surface area contributed by atoms with Gasteiger partial charge in [0, 0.05) is 16.5 Å². The summed E-state index contributed by atoms with van der Waals surface area (Å²) in [5.74, 6) is -7.99. The molecule has 1 aromatic rings. The average molecular weight is 283 g/mol. The normalized spacial score (nSPS) is 22.2. The van der Waals surface area contributed by atoms with Crippen molar-refractivity contribution in [2.24, 2.45) is 0 Å². The molecule has 0 bridgehead atoms. The molecule has 15 heavy (non-hydrogen) atoms. The van der Waals surface area contributed by atoms with Gasteiger partial charge in [0.05, 0.1) is 0 Å². The van der Waals surface area contributed by atoms with E-state index in [0.29, 0.717) is 10.0 Å². The lowest BCUT2D eigenvalue weighted by Gasteiger charge is -2.32. The summed E-state index contributed by atoms with van der Waals surface area (Å²) in [5, 5.41) is 0. The average Bonchev–Trinajstić information content (AvgIpc) is 2.12. The molecule has 0 fully saturated rings. The van der Waals surface area contributed by atoms with Crippen LogP contribution in [-0.4, -0.2) is 5.92 Å². The van der Waals surface area contributed by atoms with Crippen molar-refractivity contribution in [3.63, 3.8) is 0 Å². The molecule has 0 amide bonds. The Morgan fingerprint density at radius 2 is 1.80 bits per heavy atom. The van der Waals surface area contributed by atoms with Gasteiger partial charge in [0.1, 0.15) is 0 Å². The maximum absolute atomic E-state index is 13.3. The van der Waals surface area contributed by atoms with E-state index in [1.165, 1.54) is 12.1 Å². The second-order valence-electron chi connectivity index (χ2n) is 3.58. The topological polar surface area (TPSA) is 0 Å². The Morgan fingerprint density at radius 3 is 2.47 bits per heavy atom. The van der Waals surface area contributed by atoms with Crippen LogP contribution in [0.1, 0.15) is 17.5 Å². The minimum absolute atomic E-state index is 0.0165. The molecule has 0 N–H and O–H groups in total. The third kappa shape index (κ3) is 1.57. The lowest BCUT2D eigenvalue weighted by molar-refractivity contribution is -0.224. The van der Waals surface area contributed by atoms with E-state index < -0.39 is 23.8 Å². The van der Waals surface area contributed by atoms with Gasteiger partial charge >= 0.3 is 11.8 Å². The van der Waals surface area contributed by atoms with Crippen molar-refractivity contribution in [2.75, 3.05) is 0 Å². The highest BCUT2D eigenvalue weighted by Gasteiger charge is 2.59. The summed E-state index contributed by atoms with van der Waals surface area (Å²) >= 11 is 3.12. The van der Waals surface area contributed by atoms with Crippen molar-refractivity contribution in [1.29, 1.82) is 0 Å². The third-order valence-electron chi connectivity index (χ3n) is 2.57. The van der Waals surface area contributed by atoms with Crippen LogP contribution >= 0.6 is 15.9 Å². The molecule has 1 aliphatic rings. The third-order valence-corrected chi connectivity index (χ3v) is 3.07. The molecule has 0 atom stereocenters. The van der Waals surface area contributed by atoms with E-state index in [1.54, 1.807) is 0 Å². The Hall–Kier alpha value is -0.580. The zero-order valence-corrected chi connectivity index (χ0v) is 9.12. The number of halogens is 5. The van der Waals surface area contributed by atoms with E-state index in [1.807, 2.05) is 0 Å². The number of alkyl halides is 4. The van der Waals surface area contributed by atoms with E-state index in [-0.39, 0.29) is 6.42 Å². The standard InChI is InChI=1S/C10H7BrF4/c11-7-1-2-8-6(5-7)3-4-9(12,13)10(8,14)15/h1-2,5H,3-4H2. The van der Waals surface area contributed by atoms with Crippen LogP contribution in [0.4, 0.5) is 17.6 Å². The van der Waals surface area contributed by atoms with Crippen LogP contribution < -0.4 is 0 Å². The van der Waals surface area contributed by atoms with Gasteiger partial charge in [-0.2, -0.15) is 17.6 Å². The van der Waals surface area contributed by atoms with Crippen molar-refractivity contribution in [3.8, 4) is 0 Å². The van der Waals surface area contributed by atoms with Crippen molar-refractivity contribution >= 4 is 15.9 Å². The van der Waals surface area contributed by atoms with Crippen LogP contribution in [0.15, 0.2) is 22.7 Å². The van der Waals surface area contributed by atoms with Gasteiger partial charge in [0.2, 0.25) is 0 Å². The van der Waals surface area contributed by atoms with E-state index in [9.17, 15) is 17.6 Å². The number of hydrogen-bond acceptors (Lipinski definition) is 0. The molecule has 5 heteroatoms. The first-order valence-electron chi connectivity index (χ1n) is 4.39. The van der Waals surface area contributed by atoms with Crippen molar-refractivity contribution in [2.45, 2.75) is 24.7 Å². The molecule has 1 aromatic carbocycles. The summed E-state index contributed by atoms with van der Waals surface area (Å²) < 4.78 is 53.3. The van der Waals surface area contributed by atoms with Crippen molar-refractivity contribution in [1.82, 2.24) is 0 Å². The summed E-state index contributed by atoms with van der Waals surface area (Å²) in [7, 11) is 0. The number of hydrogen-bond donors (Lipinski definition) is 0. The molecule has 0 aliphatic heterocycles. The zero-order valence-electron chi connectivity index (χ0n) is 7.54. The molecule has 2 rings (SSSR count). The van der Waals surface area contributed by atoms with Crippen LogP contribution in [-0.2, 0) is 12.3 Å². The second-order valence-corrected chi connectivity index (χ2v) is 4.50. The fraction of sp³-hybridized carbons (Fsp3) is 0.400. The van der Waals surface area contributed by atoms with E-state index in [2.05, 4.69) is 15.9 Å². The molecule has 0 aromatic heterocycles. The Morgan fingerprint density at radius 1 is 1.13 bits per heavy atom. The summed E-state index contributed by atoms with van der Waals surface area (Å²) in [6, 6.07) is 3.89. The van der Waals surface area contributed by atoms with Gasteiger partial charge < -0.3 is 0 Å². The Kier molecular flexibility index (Phi) is 2.33. The van der Waals surface area contributed by atoms with E-state index >= 15 is 0 Å². The summed E-state index contributed by atoms with van der Waals surface area (Å²) in [6.07, 6.45) is -0.819. The quantitative estimate of drug-likeness (QED) is 0.628. The van der Waals surface area contributed by atoms with Crippen molar-refractivity contribution in [3.05, 3.63) is 33.8 Å². The Labute approximate surface area is 92.4 Å². The first-order chi connectivity index (χ1) is 6.84.